The second-order valence-electron chi connectivity index (χ2n) is 4.28. The number of carbonyl (C=O) groups excluding carboxylic acids is 1. The van der Waals surface area contributed by atoms with Crippen LogP contribution in [0.2, 0.25) is 5.02 Å². The summed E-state index contributed by atoms with van der Waals surface area (Å²) in [5.74, 6) is 1.07. The fourth-order valence-electron chi connectivity index (χ4n) is 1.32. The zero-order valence-corrected chi connectivity index (χ0v) is 13.4. The third-order valence-corrected chi connectivity index (χ3v) is 4.89. The lowest BCUT2D eigenvalue weighted by Gasteiger charge is -2.06. The van der Waals surface area contributed by atoms with E-state index in [0.717, 1.165) is 0 Å². The van der Waals surface area contributed by atoms with E-state index in [1.54, 1.807) is 18.2 Å². The smallest absolute Gasteiger partial charge is 0.225 e. The number of nitrogens with two attached hydrogens (primary N) is 1. The molecule has 0 heterocycles. The molecule has 0 unspecified atom stereocenters. The normalized spacial score (nSPS) is 11.3. The summed E-state index contributed by atoms with van der Waals surface area (Å²) in [5.41, 5.74) is 6.64. The number of sulfone groups is 1. The minimum atomic E-state index is -2.93. The topological polar surface area (TPSA) is 89.3 Å². The maximum atomic E-state index is 11.7. The molecule has 1 aromatic rings. The van der Waals surface area contributed by atoms with E-state index in [1.807, 2.05) is 0 Å². The zero-order valence-electron chi connectivity index (χ0n) is 11.1. The van der Waals surface area contributed by atoms with Crippen LogP contribution in [-0.2, 0) is 14.6 Å². The zero-order chi connectivity index (χ0) is 15.2. The summed E-state index contributed by atoms with van der Waals surface area (Å²) < 4.78 is 21.8. The highest BCUT2D eigenvalue weighted by atomic mass is 35.5. The van der Waals surface area contributed by atoms with Gasteiger partial charge in [0.25, 0.3) is 0 Å². The van der Waals surface area contributed by atoms with Crippen LogP contribution in [0.15, 0.2) is 18.2 Å². The number of hydrogen-bond donors (Lipinski definition) is 2. The van der Waals surface area contributed by atoms with E-state index in [4.69, 9.17) is 17.3 Å². The van der Waals surface area contributed by atoms with Crippen molar-refractivity contribution in [2.75, 3.05) is 34.6 Å². The van der Waals surface area contributed by atoms with E-state index in [0.29, 0.717) is 34.3 Å². The van der Waals surface area contributed by atoms with Gasteiger partial charge in [0.15, 0.2) is 0 Å². The van der Waals surface area contributed by atoms with Gasteiger partial charge in [-0.15, -0.1) is 0 Å². The predicted octanol–water partition coefficient (Wildman–Crippen LogP) is 2.03. The van der Waals surface area contributed by atoms with Crippen molar-refractivity contribution in [1.82, 2.24) is 0 Å². The van der Waals surface area contributed by atoms with Crippen molar-refractivity contribution >= 4 is 50.5 Å². The van der Waals surface area contributed by atoms with Crippen molar-refractivity contribution in [3.05, 3.63) is 23.2 Å². The van der Waals surface area contributed by atoms with Gasteiger partial charge in [-0.1, -0.05) is 11.6 Å². The molecule has 5 nitrogen and oxygen atoms in total. The summed E-state index contributed by atoms with van der Waals surface area (Å²) in [6.07, 6.45) is 1.52. The summed E-state index contributed by atoms with van der Waals surface area (Å²) in [6, 6.07) is 4.89. The van der Waals surface area contributed by atoms with Crippen molar-refractivity contribution in [2.24, 2.45) is 0 Å². The number of carbonyl (C=O) groups is 1. The minimum absolute atomic E-state index is 0.132. The Labute approximate surface area is 128 Å². The number of rotatable bonds is 7. The van der Waals surface area contributed by atoms with Gasteiger partial charge in [0, 0.05) is 29.9 Å². The Kier molecular flexibility index (Phi) is 6.64. The Hall–Kier alpha value is -0.920. The monoisotopic (exact) mass is 336 g/mol. The average molecular weight is 337 g/mol. The van der Waals surface area contributed by atoms with Gasteiger partial charge in [-0.05, 0) is 18.2 Å². The molecule has 0 aliphatic carbocycles. The number of halogens is 1. The molecule has 0 bridgehead atoms. The Morgan fingerprint density at radius 1 is 1.40 bits per heavy atom. The van der Waals surface area contributed by atoms with Crippen LogP contribution in [0, 0.1) is 0 Å². The van der Waals surface area contributed by atoms with Crippen molar-refractivity contribution in [1.29, 1.82) is 0 Å². The van der Waals surface area contributed by atoms with Gasteiger partial charge in [-0.2, -0.15) is 11.8 Å². The van der Waals surface area contributed by atoms with Crippen molar-refractivity contribution in [2.45, 2.75) is 6.42 Å². The number of nitrogens with one attached hydrogen (secondary N) is 1. The second-order valence-corrected chi connectivity index (χ2v) is 8.17. The van der Waals surface area contributed by atoms with E-state index in [1.165, 1.54) is 18.0 Å². The van der Waals surface area contributed by atoms with Gasteiger partial charge >= 0.3 is 0 Å². The molecule has 0 atom stereocenters. The Balaban J connectivity index is 2.28. The summed E-state index contributed by atoms with van der Waals surface area (Å²) in [6.45, 7) is 0. The maximum Gasteiger partial charge on any atom is 0.225 e. The summed E-state index contributed by atoms with van der Waals surface area (Å²) in [7, 11) is -2.93. The van der Waals surface area contributed by atoms with Crippen LogP contribution in [0.4, 0.5) is 11.4 Å². The van der Waals surface area contributed by atoms with E-state index < -0.39 is 9.84 Å². The molecular formula is C12H17ClN2O3S2. The van der Waals surface area contributed by atoms with Gasteiger partial charge in [-0.3, -0.25) is 4.79 Å². The number of hydrogen-bond acceptors (Lipinski definition) is 5. The Morgan fingerprint density at radius 2 is 2.10 bits per heavy atom. The summed E-state index contributed by atoms with van der Waals surface area (Å²) in [4.78, 5) is 11.7. The predicted molar refractivity (Wildman–Crippen MR) is 86.1 cm³/mol. The Bertz CT molecular complexity index is 576. The van der Waals surface area contributed by atoms with Gasteiger partial charge in [-0.25, -0.2) is 8.42 Å². The van der Waals surface area contributed by atoms with Gasteiger partial charge in [0.05, 0.1) is 16.5 Å². The largest absolute Gasteiger partial charge is 0.397 e. The first-order valence-electron chi connectivity index (χ1n) is 5.88. The van der Waals surface area contributed by atoms with Gasteiger partial charge < -0.3 is 11.1 Å². The molecule has 0 fully saturated rings. The summed E-state index contributed by atoms with van der Waals surface area (Å²) in [5, 5.41) is 3.15. The Morgan fingerprint density at radius 3 is 2.70 bits per heavy atom. The van der Waals surface area contributed by atoms with Crippen LogP contribution in [-0.4, -0.2) is 37.8 Å². The molecule has 112 valence electrons. The van der Waals surface area contributed by atoms with Crippen LogP contribution >= 0.6 is 23.4 Å². The molecule has 0 aliphatic heterocycles. The molecule has 20 heavy (non-hydrogen) atoms. The third kappa shape index (κ3) is 7.02. The van der Waals surface area contributed by atoms with E-state index in [-0.39, 0.29) is 11.7 Å². The fraction of sp³-hybridized carbons (Fsp3) is 0.417. The van der Waals surface area contributed by atoms with E-state index in [2.05, 4.69) is 5.32 Å². The van der Waals surface area contributed by atoms with Gasteiger partial charge in [0.1, 0.15) is 9.84 Å². The molecular weight excluding hydrogens is 320 g/mol. The highest BCUT2D eigenvalue weighted by molar-refractivity contribution is 8.00. The lowest BCUT2D eigenvalue weighted by atomic mass is 10.2. The maximum absolute atomic E-state index is 11.7. The van der Waals surface area contributed by atoms with Crippen LogP contribution in [0.1, 0.15) is 6.42 Å². The molecule has 3 N–H and O–H groups in total. The van der Waals surface area contributed by atoms with Crippen LogP contribution < -0.4 is 11.1 Å². The second kappa shape index (κ2) is 7.75. The third-order valence-electron chi connectivity index (χ3n) is 2.35. The van der Waals surface area contributed by atoms with E-state index in [9.17, 15) is 13.2 Å². The average Bonchev–Trinajstić information content (AvgIpc) is 2.32. The molecule has 0 aliphatic rings. The molecule has 1 amide bonds. The molecule has 0 spiro atoms. The number of anilines is 2. The summed E-state index contributed by atoms with van der Waals surface area (Å²) >= 11 is 7.22. The number of nitrogen functional groups attached to an aromatic ring is 1. The molecule has 1 aromatic carbocycles. The minimum Gasteiger partial charge on any atom is -0.397 e. The first kappa shape index (κ1) is 17.1. The highest BCUT2D eigenvalue weighted by Crippen LogP contribution is 2.22. The first-order chi connectivity index (χ1) is 9.28. The highest BCUT2D eigenvalue weighted by Gasteiger charge is 2.05. The number of benzene rings is 1. The molecule has 8 heteroatoms. The molecule has 0 aromatic heterocycles. The van der Waals surface area contributed by atoms with Crippen LogP contribution in [0.25, 0.3) is 0 Å². The molecule has 0 saturated carbocycles. The SMILES string of the molecule is CS(=O)(=O)CCSCCC(=O)Nc1ccc(Cl)c(N)c1. The standard InChI is InChI=1S/C12H17ClN2O3S2/c1-20(17,18)7-6-19-5-4-12(16)15-9-2-3-10(13)11(14)8-9/h2-3,8H,4-7,14H2,1H3,(H,15,16). The molecule has 0 radical (unpaired) electrons. The number of amides is 1. The van der Waals surface area contributed by atoms with E-state index >= 15 is 0 Å². The van der Waals surface area contributed by atoms with Crippen LogP contribution in [0.3, 0.4) is 0 Å². The van der Waals surface area contributed by atoms with Crippen molar-refractivity contribution < 1.29 is 13.2 Å². The van der Waals surface area contributed by atoms with Crippen LogP contribution in [0.5, 0.6) is 0 Å². The quantitative estimate of drug-likeness (QED) is 0.587. The van der Waals surface area contributed by atoms with Gasteiger partial charge in [0.2, 0.25) is 5.91 Å². The number of thioether (sulfide) groups is 1. The lowest BCUT2D eigenvalue weighted by Crippen LogP contribution is -2.13. The van der Waals surface area contributed by atoms with Crippen molar-refractivity contribution in [3.63, 3.8) is 0 Å². The lowest BCUT2D eigenvalue weighted by molar-refractivity contribution is -0.115. The first-order valence-corrected chi connectivity index (χ1v) is 9.47. The molecule has 0 saturated heterocycles. The fourth-order valence-corrected chi connectivity index (χ4v) is 3.66. The van der Waals surface area contributed by atoms with Crippen molar-refractivity contribution in [3.8, 4) is 0 Å². The molecule has 1 rings (SSSR count).